The molecule has 128 valence electrons. The number of β-amino-alcohol motifs (C(OH)–C–C–N with tert-alkyl or cyclic N) is 1. The van der Waals surface area contributed by atoms with E-state index in [4.69, 9.17) is 0 Å². The Morgan fingerprint density at radius 2 is 2.00 bits per heavy atom. The lowest BCUT2D eigenvalue weighted by molar-refractivity contribution is 0.0670. The Labute approximate surface area is 136 Å². The Kier molecular flexibility index (Phi) is 6.32. The summed E-state index contributed by atoms with van der Waals surface area (Å²) in [6.07, 6.45) is -0.630. The van der Waals surface area contributed by atoms with E-state index < -0.39 is 18.0 Å². The highest BCUT2D eigenvalue weighted by molar-refractivity contribution is 5.89. The minimum atomic E-state index is -0.630. The average Bonchev–Trinajstić information content (AvgIpc) is 2.51. The number of nitrogens with zero attached hydrogens (tertiary/aromatic N) is 3. The summed E-state index contributed by atoms with van der Waals surface area (Å²) in [5.74, 6) is -0.479. The summed E-state index contributed by atoms with van der Waals surface area (Å²) in [7, 11) is 3.66. The molecule has 1 atom stereocenters. The van der Waals surface area contributed by atoms with E-state index in [9.17, 15) is 14.3 Å². The van der Waals surface area contributed by atoms with Crippen molar-refractivity contribution in [2.75, 3.05) is 58.7 Å². The molecule has 0 saturated carbocycles. The number of anilines is 1. The zero-order valence-corrected chi connectivity index (χ0v) is 13.7. The highest BCUT2D eigenvalue weighted by atomic mass is 19.1. The number of nitrogens with one attached hydrogen (secondary N) is 1. The molecule has 1 aliphatic heterocycles. The van der Waals surface area contributed by atoms with E-state index in [-0.39, 0.29) is 12.2 Å². The molecule has 0 unspecified atom stereocenters. The number of halogens is 1. The largest absolute Gasteiger partial charge is 0.390 e. The molecule has 0 spiro atoms. The molecule has 1 fully saturated rings. The summed E-state index contributed by atoms with van der Waals surface area (Å²) < 4.78 is 13.5. The van der Waals surface area contributed by atoms with Crippen molar-refractivity contribution < 1.29 is 14.3 Å². The molecular formula is C16H25FN4O2. The third-order valence-corrected chi connectivity index (χ3v) is 4.01. The van der Waals surface area contributed by atoms with Gasteiger partial charge in [-0.25, -0.2) is 9.18 Å². The predicted octanol–water partition coefficient (Wildman–Crippen LogP) is 0.898. The Morgan fingerprint density at radius 3 is 2.65 bits per heavy atom. The summed E-state index contributed by atoms with van der Waals surface area (Å²) in [5.41, 5.74) is 0.137. The van der Waals surface area contributed by atoms with Crippen molar-refractivity contribution >= 4 is 11.7 Å². The van der Waals surface area contributed by atoms with Crippen LogP contribution >= 0.6 is 0 Å². The molecule has 1 aromatic rings. The second-order valence-corrected chi connectivity index (χ2v) is 6.05. The van der Waals surface area contributed by atoms with Crippen LogP contribution in [0.25, 0.3) is 0 Å². The van der Waals surface area contributed by atoms with Crippen molar-refractivity contribution in [2.45, 2.75) is 6.10 Å². The topological polar surface area (TPSA) is 59.1 Å². The van der Waals surface area contributed by atoms with Crippen molar-refractivity contribution in [1.29, 1.82) is 0 Å². The number of piperazine rings is 1. The van der Waals surface area contributed by atoms with E-state index in [0.29, 0.717) is 6.54 Å². The number of aliphatic hydroxyl groups is 1. The van der Waals surface area contributed by atoms with Crippen molar-refractivity contribution in [3.05, 3.63) is 30.1 Å². The first kappa shape index (κ1) is 17.7. The minimum Gasteiger partial charge on any atom is -0.390 e. The van der Waals surface area contributed by atoms with Gasteiger partial charge in [-0.05, 0) is 19.2 Å². The van der Waals surface area contributed by atoms with Crippen LogP contribution in [-0.2, 0) is 0 Å². The molecule has 0 aromatic heterocycles. The fourth-order valence-corrected chi connectivity index (χ4v) is 2.56. The van der Waals surface area contributed by atoms with Gasteiger partial charge in [0.1, 0.15) is 5.82 Å². The molecule has 1 aromatic carbocycles. The lowest BCUT2D eigenvalue weighted by Gasteiger charge is -2.34. The number of carbonyl (C=O) groups excluding carboxylic acids is 1. The highest BCUT2D eigenvalue weighted by Crippen LogP contribution is 2.13. The van der Waals surface area contributed by atoms with Crippen LogP contribution in [0.2, 0.25) is 0 Å². The number of benzene rings is 1. The van der Waals surface area contributed by atoms with Gasteiger partial charge in [0.05, 0.1) is 11.8 Å². The smallest absolute Gasteiger partial charge is 0.321 e. The molecule has 0 aliphatic carbocycles. The predicted molar refractivity (Wildman–Crippen MR) is 88.0 cm³/mol. The lowest BCUT2D eigenvalue weighted by atomic mass is 10.2. The van der Waals surface area contributed by atoms with Crippen LogP contribution in [0.1, 0.15) is 0 Å². The Bertz CT molecular complexity index is 521. The minimum absolute atomic E-state index is 0.137. The van der Waals surface area contributed by atoms with Gasteiger partial charge in [0.2, 0.25) is 0 Å². The Morgan fingerprint density at radius 1 is 1.35 bits per heavy atom. The quantitative estimate of drug-likeness (QED) is 0.845. The first-order chi connectivity index (χ1) is 11.0. The number of urea groups is 1. The van der Waals surface area contributed by atoms with E-state index in [0.717, 1.165) is 26.2 Å². The maximum atomic E-state index is 13.5. The first-order valence-electron chi connectivity index (χ1n) is 7.81. The van der Waals surface area contributed by atoms with Crippen molar-refractivity contribution in [3.63, 3.8) is 0 Å². The zero-order chi connectivity index (χ0) is 16.8. The van der Waals surface area contributed by atoms with E-state index in [2.05, 4.69) is 22.2 Å². The van der Waals surface area contributed by atoms with E-state index in [1.807, 2.05) is 0 Å². The second kappa shape index (κ2) is 8.24. The number of hydrogen-bond acceptors (Lipinski definition) is 4. The molecule has 7 heteroatoms. The lowest BCUT2D eigenvalue weighted by Crippen LogP contribution is -2.49. The zero-order valence-electron chi connectivity index (χ0n) is 13.7. The number of likely N-dealkylation sites (N-methyl/N-ethyl adjacent to an activating group) is 2. The number of hydrogen-bond donors (Lipinski definition) is 2. The molecule has 6 nitrogen and oxygen atoms in total. The molecular weight excluding hydrogens is 299 g/mol. The van der Waals surface area contributed by atoms with Crippen LogP contribution in [0.5, 0.6) is 0 Å². The van der Waals surface area contributed by atoms with E-state index in [1.54, 1.807) is 19.2 Å². The molecule has 23 heavy (non-hydrogen) atoms. The normalized spacial score (nSPS) is 17.7. The molecule has 0 radical (unpaired) electrons. The van der Waals surface area contributed by atoms with Gasteiger partial charge in [0, 0.05) is 46.3 Å². The van der Waals surface area contributed by atoms with Crippen LogP contribution in [0.15, 0.2) is 24.3 Å². The first-order valence-corrected chi connectivity index (χ1v) is 7.81. The standard InChI is InChI=1S/C16H25FN4O2/c1-19-7-9-21(10-8-19)12-13(22)11-20(2)16(23)18-15-6-4-3-5-14(15)17/h3-6,13,22H,7-12H2,1-2H3,(H,18,23)/t13-/m1/s1. The molecule has 2 N–H and O–H groups in total. The average molecular weight is 324 g/mol. The molecule has 2 amide bonds. The van der Waals surface area contributed by atoms with Gasteiger partial charge < -0.3 is 20.2 Å². The maximum absolute atomic E-state index is 13.5. The summed E-state index contributed by atoms with van der Waals surface area (Å²) in [4.78, 5) is 17.9. The molecule has 2 rings (SSSR count). The number of para-hydroxylation sites is 1. The fourth-order valence-electron chi connectivity index (χ4n) is 2.56. The number of amides is 2. The van der Waals surface area contributed by atoms with Gasteiger partial charge in [0.15, 0.2) is 0 Å². The van der Waals surface area contributed by atoms with Gasteiger partial charge >= 0.3 is 6.03 Å². The number of rotatable bonds is 5. The summed E-state index contributed by atoms with van der Waals surface area (Å²) >= 11 is 0. The molecule has 1 saturated heterocycles. The number of aliphatic hydroxyl groups excluding tert-OH is 1. The summed E-state index contributed by atoms with van der Waals surface area (Å²) in [6, 6.07) is 5.57. The van der Waals surface area contributed by atoms with Gasteiger partial charge in [-0.3, -0.25) is 4.90 Å². The molecule has 0 bridgehead atoms. The third-order valence-electron chi connectivity index (χ3n) is 4.01. The van der Waals surface area contributed by atoms with Crippen LogP contribution in [0.3, 0.4) is 0 Å². The van der Waals surface area contributed by atoms with Crippen molar-refractivity contribution in [3.8, 4) is 0 Å². The molecule has 1 aliphatic rings. The summed E-state index contributed by atoms with van der Waals surface area (Å²) in [6.45, 7) is 4.53. The van der Waals surface area contributed by atoms with Crippen molar-refractivity contribution in [1.82, 2.24) is 14.7 Å². The Hall–Kier alpha value is -1.70. The monoisotopic (exact) mass is 324 g/mol. The van der Waals surface area contributed by atoms with Gasteiger partial charge in [-0.15, -0.1) is 0 Å². The van der Waals surface area contributed by atoms with Gasteiger partial charge in [-0.1, -0.05) is 12.1 Å². The second-order valence-electron chi connectivity index (χ2n) is 6.05. The Balaban J connectivity index is 1.77. The van der Waals surface area contributed by atoms with Gasteiger partial charge in [-0.2, -0.15) is 0 Å². The SMILES string of the molecule is CN1CCN(C[C@H](O)CN(C)C(=O)Nc2ccccc2F)CC1. The highest BCUT2D eigenvalue weighted by Gasteiger charge is 2.20. The van der Waals surface area contributed by atoms with Crippen LogP contribution in [0, 0.1) is 5.82 Å². The van der Waals surface area contributed by atoms with Crippen LogP contribution < -0.4 is 5.32 Å². The van der Waals surface area contributed by atoms with Gasteiger partial charge in [0.25, 0.3) is 0 Å². The number of carbonyl (C=O) groups is 1. The molecule has 1 heterocycles. The van der Waals surface area contributed by atoms with E-state index in [1.165, 1.54) is 17.0 Å². The van der Waals surface area contributed by atoms with Crippen molar-refractivity contribution in [2.24, 2.45) is 0 Å². The fraction of sp³-hybridized carbons (Fsp3) is 0.562. The van der Waals surface area contributed by atoms with Crippen LogP contribution in [-0.4, -0.2) is 85.3 Å². The third kappa shape index (κ3) is 5.46. The van der Waals surface area contributed by atoms with E-state index >= 15 is 0 Å². The van der Waals surface area contributed by atoms with Crippen LogP contribution in [0.4, 0.5) is 14.9 Å². The maximum Gasteiger partial charge on any atom is 0.321 e. The summed E-state index contributed by atoms with van der Waals surface area (Å²) in [5, 5.41) is 12.7.